The van der Waals surface area contributed by atoms with Crippen LogP contribution in [0.25, 0.3) is 0 Å². The van der Waals surface area contributed by atoms with Crippen molar-refractivity contribution in [2.45, 2.75) is 25.8 Å². The molecule has 0 heterocycles. The number of thioether (sulfide) groups is 1. The first-order valence-electron chi connectivity index (χ1n) is 12.7. The number of anilines is 1. The zero-order chi connectivity index (χ0) is 30.0. The average molecular weight is 626 g/mol. The number of amides is 2. The highest BCUT2D eigenvalue weighted by Gasteiger charge is 2.33. The zero-order valence-corrected chi connectivity index (χ0v) is 24.7. The van der Waals surface area contributed by atoms with E-state index in [2.05, 4.69) is 34.6 Å². The van der Waals surface area contributed by atoms with E-state index in [4.69, 9.17) is 23.2 Å². The summed E-state index contributed by atoms with van der Waals surface area (Å²) in [5.41, 5.74) is 3.02. The van der Waals surface area contributed by atoms with E-state index in [1.54, 1.807) is 12.1 Å². The van der Waals surface area contributed by atoms with Gasteiger partial charge in [-0.15, -0.1) is 0 Å². The van der Waals surface area contributed by atoms with Crippen LogP contribution in [-0.2, 0) is 11.9 Å². The Kier molecular flexibility index (Phi) is 12.1. The van der Waals surface area contributed by atoms with Gasteiger partial charge in [-0.05, 0) is 66.7 Å². The number of halogens is 5. The van der Waals surface area contributed by atoms with E-state index < -0.39 is 28.6 Å². The van der Waals surface area contributed by atoms with Crippen LogP contribution in [0.15, 0.2) is 65.8 Å². The highest BCUT2D eigenvalue weighted by Crippen LogP contribution is 2.34. The molecule has 0 spiro atoms. The highest BCUT2D eigenvalue weighted by molar-refractivity contribution is 7.98. The Labute approximate surface area is 251 Å². The summed E-state index contributed by atoms with van der Waals surface area (Å²) in [4.78, 5) is 28.1. The third-order valence-electron chi connectivity index (χ3n) is 6.08. The van der Waals surface area contributed by atoms with Crippen molar-refractivity contribution < 1.29 is 22.8 Å². The van der Waals surface area contributed by atoms with Gasteiger partial charge in [-0.25, -0.2) is 5.43 Å². The summed E-state index contributed by atoms with van der Waals surface area (Å²) in [6.07, 6.45) is -3.59. The number of hydrogen-bond acceptors (Lipinski definition) is 5. The molecule has 0 aliphatic rings. The van der Waals surface area contributed by atoms with Crippen LogP contribution in [0.5, 0.6) is 0 Å². The van der Waals surface area contributed by atoms with Crippen LogP contribution in [0.3, 0.4) is 0 Å². The minimum Gasteiger partial charge on any atom is -0.321 e. The maximum Gasteiger partial charge on any atom is 0.417 e. The Balaban J connectivity index is 1.63. The fraction of sp³-hybridized carbons (Fsp3) is 0.276. The van der Waals surface area contributed by atoms with Gasteiger partial charge in [0.15, 0.2) is 0 Å². The summed E-state index contributed by atoms with van der Waals surface area (Å²) in [6.45, 7) is 7.38. The van der Waals surface area contributed by atoms with Crippen LogP contribution in [0, 0.1) is 0 Å². The quantitative estimate of drug-likeness (QED) is 0.124. The first-order valence-corrected chi connectivity index (χ1v) is 14.6. The molecule has 12 heteroatoms. The van der Waals surface area contributed by atoms with Gasteiger partial charge in [0.2, 0.25) is 0 Å². The topological polar surface area (TPSA) is 73.8 Å². The number of carbonyl (C=O) groups excluding carboxylic acids is 2. The van der Waals surface area contributed by atoms with Crippen molar-refractivity contribution in [1.82, 2.24) is 10.3 Å². The molecule has 0 aliphatic heterocycles. The highest BCUT2D eigenvalue weighted by atomic mass is 35.5. The van der Waals surface area contributed by atoms with Crippen LogP contribution >= 0.6 is 35.0 Å². The van der Waals surface area contributed by atoms with E-state index >= 15 is 0 Å². The molecule has 2 amide bonds. The maximum atomic E-state index is 13.1. The van der Waals surface area contributed by atoms with Crippen molar-refractivity contribution in [3.8, 4) is 0 Å². The molecule has 0 atom stereocenters. The molecule has 0 unspecified atom stereocenters. The average Bonchev–Trinajstić information content (AvgIpc) is 2.94. The molecular weight excluding hydrogens is 596 g/mol. The molecule has 218 valence electrons. The van der Waals surface area contributed by atoms with Crippen molar-refractivity contribution in [2.24, 2.45) is 5.10 Å². The number of alkyl halides is 3. The second-order valence-electron chi connectivity index (χ2n) is 8.86. The van der Waals surface area contributed by atoms with E-state index in [0.29, 0.717) is 5.56 Å². The Morgan fingerprint density at radius 1 is 0.976 bits per heavy atom. The van der Waals surface area contributed by atoms with E-state index in [9.17, 15) is 22.8 Å². The number of hydrazone groups is 1. The number of carbonyl (C=O) groups is 2. The van der Waals surface area contributed by atoms with E-state index in [-0.39, 0.29) is 21.8 Å². The van der Waals surface area contributed by atoms with Crippen molar-refractivity contribution >= 4 is 58.7 Å². The zero-order valence-electron chi connectivity index (χ0n) is 22.4. The molecule has 0 fully saturated rings. The smallest absolute Gasteiger partial charge is 0.321 e. The molecule has 6 nitrogen and oxygen atoms in total. The van der Waals surface area contributed by atoms with E-state index in [1.807, 2.05) is 23.9 Å². The summed E-state index contributed by atoms with van der Waals surface area (Å²) in [5, 5.41) is 6.25. The van der Waals surface area contributed by atoms with Crippen molar-refractivity contribution in [1.29, 1.82) is 0 Å². The lowest BCUT2D eigenvalue weighted by molar-refractivity contribution is -0.137. The van der Waals surface area contributed by atoms with Gasteiger partial charge in [0.25, 0.3) is 11.8 Å². The van der Waals surface area contributed by atoms with E-state index in [0.717, 1.165) is 55.1 Å². The molecule has 41 heavy (non-hydrogen) atoms. The van der Waals surface area contributed by atoms with Crippen LogP contribution in [0.4, 0.5) is 18.9 Å². The molecular formula is C29H29Cl2F3N4O2S. The van der Waals surface area contributed by atoms with Gasteiger partial charge >= 0.3 is 6.18 Å². The number of hydrogen-bond donors (Lipinski definition) is 2. The van der Waals surface area contributed by atoms with Crippen LogP contribution < -0.4 is 10.7 Å². The van der Waals surface area contributed by atoms with Gasteiger partial charge in [0.1, 0.15) is 0 Å². The summed E-state index contributed by atoms with van der Waals surface area (Å²) in [6, 6.07) is 14.8. The molecule has 0 saturated heterocycles. The molecule has 2 N–H and O–H groups in total. The molecule has 0 radical (unpaired) electrons. The SMILES string of the molecule is CCN(CC)CCSCc1ccc(C(=O)Nc2ccc(Cl)cc2C(=O)NN=Cc2ccc(Cl)c(C(F)(F)F)c2)cc1. The summed E-state index contributed by atoms with van der Waals surface area (Å²) in [5.74, 6) is 0.704. The van der Waals surface area contributed by atoms with Crippen molar-refractivity contribution in [3.05, 3.63) is 98.5 Å². The van der Waals surface area contributed by atoms with Gasteiger partial charge in [-0.1, -0.05) is 55.2 Å². The molecule has 0 saturated carbocycles. The lowest BCUT2D eigenvalue weighted by atomic mass is 10.1. The van der Waals surface area contributed by atoms with Crippen molar-refractivity contribution in [2.75, 3.05) is 30.7 Å². The lowest BCUT2D eigenvalue weighted by Crippen LogP contribution is -2.25. The fourth-order valence-corrected chi connectivity index (χ4v) is 5.11. The fourth-order valence-electron chi connectivity index (χ4n) is 3.75. The molecule has 3 aromatic rings. The Bertz CT molecular complexity index is 1380. The van der Waals surface area contributed by atoms with Gasteiger partial charge in [-0.3, -0.25) is 9.59 Å². The lowest BCUT2D eigenvalue weighted by Gasteiger charge is -2.17. The van der Waals surface area contributed by atoms with Crippen molar-refractivity contribution in [3.63, 3.8) is 0 Å². The van der Waals surface area contributed by atoms with Gasteiger partial charge < -0.3 is 10.2 Å². The number of rotatable bonds is 12. The predicted molar refractivity (Wildman–Crippen MR) is 161 cm³/mol. The summed E-state index contributed by atoms with van der Waals surface area (Å²) >= 11 is 13.5. The molecule has 0 aromatic heterocycles. The Morgan fingerprint density at radius 2 is 1.68 bits per heavy atom. The second-order valence-corrected chi connectivity index (χ2v) is 10.8. The molecule has 3 rings (SSSR count). The summed E-state index contributed by atoms with van der Waals surface area (Å²) < 4.78 is 39.3. The van der Waals surface area contributed by atoms with Crippen LogP contribution in [0.1, 0.15) is 51.3 Å². The molecule has 0 bridgehead atoms. The Morgan fingerprint density at radius 3 is 2.34 bits per heavy atom. The van der Waals surface area contributed by atoms with Crippen LogP contribution in [0.2, 0.25) is 10.0 Å². The third-order valence-corrected chi connectivity index (χ3v) is 7.65. The summed E-state index contributed by atoms with van der Waals surface area (Å²) in [7, 11) is 0. The number of nitrogens with one attached hydrogen (secondary N) is 2. The normalized spacial score (nSPS) is 11.7. The van der Waals surface area contributed by atoms with Gasteiger partial charge in [0, 0.05) is 28.6 Å². The maximum absolute atomic E-state index is 13.1. The first-order chi connectivity index (χ1) is 19.5. The van der Waals surface area contributed by atoms with Gasteiger partial charge in [0.05, 0.1) is 28.1 Å². The van der Waals surface area contributed by atoms with E-state index in [1.165, 1.54) is 24.3 Å². The minimum absolute atomic E-state index is 0.0244. The first kappa shape index (κ1) is 32.5. The van der Waals surface area contributed by atoms with Gasteiger partial charge in [-0.2, -0.15) is 30.0 Å². The molecule has 0 aliphatic carbocycles. The number of benzene rings is 3. The number of nitrogens with zero attached hydrogens (tertiary/aromatic N) is 2. The second kappa shape index (κ2) is 15.3. The minimum atomic E-state index is -4.64. The predicted octanol–water partition coefficient (Wildman–Crippen LogP) is 7.60. The monoisotopic (exact) mass is 624 g/mol. The third kappa shape index (κ3) is 9.78. The van der Waals surface area contributed by atoms with Crippen LogP contribution in [-0.4, -0.2) is 48.3 Å². The largest absolute Gasteiger partial charge is 0.417 e. The standard InChI is InChI=1S/C29H29Cl2F3N4O2S/c1-3-38(4-2)13-14-41-18-19-5-8-21(9-6-19)27(39)36-26-12-10-22(30)16-23(26)28(40)37-35-17-20-7-11-25(31)24(15-20)29(32,33)34/h5-12,15-17H,3-4,13-14,18H2,1-2H3,(H,36,39)(H,37,40). The Hall–Kier alpha value is -3.05. The molecule has 3 aromatic carbocycles.